The molecule has 0 spiro atoms. The van der Waals surface area contributed by atoms with Crippen LogP contribution in [0.25, 0.3) is 11.0 Å². The maximum absolute atomic E-state index is 13.4. The van der Waals surface area contributed by atoms with Crippen molar-refractivity contribution < 1.29 is 28.3 Å². The Morgan fingerprint density at radius 3 is 2.54 bits per heavy atom. The first-order valence-corrected chi connectivity index (χ1v) is 13.5. The average molecular weight is 555 g/mol. The number of fused-ring (bicyclic) bond motifs is 1. The Morgan fingerprint density at radius 1 is 1.08 bits per heavy atom. The number of amides is 2. The van der Waals surface area contributed by atoms with E-state index >= 15 is 0 Å². The van der Waals surface area contributed by atoms with Crippen LogP contribution in [-0.4, -0.2) is 60.5 Å². The lowest BCUT2D eigenvalue weighted by Gasteiger charge is -2.33. The van der Waals surface area contributed by atoms with Gasteiger partial charge in [-0.05, 0) is 81.9 Å². The van der Waals surface area contributed by atoms with Gasteiger partial charge in [0.05, 0.1) is 12.1 Å². The molecule has 5 rings (SSSR count). The van der Waals surface area contributed by atoms with Crippen molar-refractivity contribution in [3.63, 3.8) is 0 Å². The van der Waals surface area contributed by atoms with Crippen LogP contribution in [0.5, 0.6) is 5.75 Å². The van der Waals surface area contributed by atoms with Gasteiger partial charge in [-0.2, -0.15) is 0 Å². The number of halogens is 1. The number of nitrogens with one attached hydrogen (secondary N) is 2. The number of ether oxygens (including phenoxy) is 2. The molecular weight excluding hydrogens is 524 g/mol. The standard InChI is InChI=1S/C28H31ClN4O6/c1-37-24(34)16-38-20-9-10-22-21(14-20)25(26(39-22)28(36)31-23-11-6-18(29)15-30-23)32-27(35)17-4-7-19(8-5-17)33-12-2-3-13-33/h6,9-11,14-15,17,19H,2-5,7-8,12-13,16H2,1H3,(H,32,35)(H,30,31,36). The molecule has 3 aromatic rings. The van der Waals surface area contributed by atoms with Crippen molar-refractivity contribution in [2.24, 2.45) is 5.92 Å². The van der Waals surface area contributed by atoms with Gasteiger partial charge < -0.3 is 29.4 Å². The van der Waals surface area contributed by atoms with Crippen LogP contribution in [0.4, 0.5) is 11.5 Å². The number of furan rings is 1. The van der Waals surface area contributed by atoms with Crippen LogP contribution in [0.3, 0.4) is 0 Å². The number of carbonyl (C=O) groups is 3. The van der Waals surface area contributed by atoms with Crippen LogP contribution in [-0.2, 0) is 14.3 Å². The SMILES string of the molecule is COC(=O)COc1ccc2oc(C(=O)Nc3ccc(Cl)cn3)c(NC(=O)C3CCC(N4CCCC4)CC3)c2c1. The van der Waals surface area contributed by atoms with Crippen molar-refractivity contribution >= 4 is 51.9 Å². The fourth-order valence-electron chi connectivity index (χ4n) is 5.31. The summed E-state index contributed by atoms with van der Waals surface area (Å²) in [5.74, 6) is -0.849. The minimum atomic E-state index is -0.578. The molecule has 2 fully saturated rings. The van der Waals surface area contributed by atoms with Crippen LogP contribution in [0.2, 0.25) is 5.02 Å². The highest BCUT2D eigenvalue weighted by Gasteiger charge is 2.32. The van der Waals surface area contributed by atoms with Gasteiger partial charge in [0.25, 0.3) is 5.91 Å². The average Bonchev–Trinajstić information content (AvgIpc) is 3.62. The van der Waals surface area contributed by atoms with Crippen LogP contribution in [0, 0.1) is 5.92 Å². The summed E-state index contributed by atoms with van der Waals surface area (Å²) in [4.78, 5) is 44.9. The molecule has 0 atom stereocenters. The fourth-order valence-corrected chi connectivity index (χ4v) is 5.42. The van der Waals surface area contributed by atoms with Crippen molar-refractivity contribution in [2.75, 3.05) is 37.4 Å². The lowest BCUT2D eigenvalue weighted by Crippen LogP contribution is -2.38. The van der Waals surface area contributed by atoms with Gasteiger partial charge in [0, 0.05) is 23.5 Å². The number of carbonyl (C=O) groups excluding carboxylic acids is 3. The Morgan fingerprint density at radius 2 is 1.85 bits per heavy atom. The van der Waals surface area contributed by atoms with Gasteiger partial charge in [-0.15, -0.1) is 0 Å². The molecule has 1 aliphatic heterocycles. The number of benzene rings is 1. The van der Waals surface area contributed by atoms with Crippen molar-refractivity contribution in [1.29, 1.82) is 0 Å². The summed E-state index contributed by atoms with van der Waals surface area (Å²) in [5, 5.41) is 6.57. The highest BCUT2D eigenvalue weighted by atomic mass is 35.5. The molecule has 2 aliphatic rings. The summed E-state index contributed by atoms with van der Waals surface area (Å²) < 4.78 is 16.1. The molecule has 2 N–H and O–H groups in total. The number of nitrogens with zero attached hydrogens (tertiary/aromatic N) is 2. The second-order valence-electron chi connectivity index (χ2n) is 9.88. The lowest BCUT2D eigenvalue weighted by atomic mass is 9.84. The van der Waals surface area contributed by atoms with E-state index in [1.807, 2.05) is 0 Å². The predicted octanol–water partition coefficient (Wildman–Crippen LogP) is 4.88. The maximum Gasteiger partial charge on any atom is 0.343 e. The molecule has 0 unspecified atom stereocenters. The number of aromatic nitrogens is 1. The first-order chi connectivity index (χ1) is 18.9. The van der Waals surface area contributed by atoms with E-state index in [0.29, 0.717) is 27.8 Å². The number of hydrogen-bond donors (Lipinski definition) is 2. The fraction of sp³-hybridized carbons (Fsp3) is 0.429. The van der Waals surface area contributed by atoms with Crippen molar-refractivity contribution in [3.8, 4) is 5.75 Å². The zero-order valence-corrected chi connectivity index (χ0v) is 22.5. The van der Waals surface area contributed by atoms with E-state index in [2.05, 4.69) is 25.3 Å². The number of rotatable bonds is 8. The van der Waals surface area contributed by atoms with Crippen LogP contribution in [0.15, 0.2) is 40.9 Å². The molecule has 1 aliphatic carbocycles. The Labute approximate surface area is 231 Å². The highest BCUT2D eigenvalue weighted by Crippen LogP contribution is 2.36. The summed E-state index contributed by atoms with van der Waals surface area (Å²) >= 11 is 5.91. The van der Waals surface area contributed by atoms with Gasteiger partial charge in [-0.3, -0.25) is 9.59 Å². The van der Waals surface area contributed by atoms with E-state index in [1.165, 1.54) is 26.1 Å². The molecule has 0 bridgehead atoms. The summed E-state index contributed by atoms with van der Waals surface area (Å²) in [6, 6.07) is 8.57. The van der Waals surface area contributed by atoms with E-state index in [9.17, 15) is 14.4 Å². The summed E-state index contributed by atoms with van der Waals surface area (Å²) in [5.41, 5.74) is 0.620. The normalized spacial score (nSPS) is 19.5. The summed E-state index contributed by atoms with van der Waals surface area (Å²) in [6.07, 6.45) is 7.43. The molecule has 11 heteroatoms. The van der Waals surface area contributed by atoms with Gasteiger partial charge in [0.2, 0.25) is 11.7 Å². The first-order valence-electron chi connectivity index (χ1n) is 13.1. The molecule has 2 aromatic heterocycles. The third-order valence-electron chi connectivity index (χ3n) is 7.39. The van der Waals surface area contributed by atoms with Crippen LogP contribution < -0.4 is 15.4 Å². The topological polar surface area (TPSA) is 123 Å². The summed E-state index contributed by atoms with van der Waals surface area (Å²) in [7, 11) is 1.28. The molecular formula is C28H31ClN4O6. The Bertz CT molecular complexity index is 1340. The number of anilines is 2. The minimum Gasteiger partial charge on any atom is -0.482 e. The van der Waals surface area contributed by atoms with Crippen molar-refractivity contribution in [3.05, 3.63) is 47.3 Å². The van der Waals surface area contributed by atoms with Gasteiger partial charge in [-0.25, -0.2) is 9.78 Å². The molecule has 1 saturated heterocycles. The number of hydrogen-bond acceptors (Lipinski definition) is 8. The Balaban J connectivity index is 1.38. The zero-order chi connectivity index (χ0) is 27.4. The van der Waals surface area contributed by atoms with Crippen LogP contribution >= 0.6 is 11.6 Å². The van der Waals surface area contributed by atoms with E-state index in [4.69, 9.17) is 20.8 Å². The quantitative estimate of drug-likeness (QED) is 0.378. The molecule has 10 nitrogen and oxygen atoms in total. The van der Waals surface area contributed by atoms with E-state index in [0.717, 1.165) is 38.8 Å². The maximum atomic E-state index is 13.4. The highest BCUT2D eigenvalue weighted by molar-refractivity contribution is 6.30. The molecule has 3 heterocycles. The van der Waals surface area contributed by atoms with Crippen LogP contribution in [0.1, 0.15) is 49.1 Å². The minimum absolute atomic E-state index is 0.0639. The third-order valence-corrected chi connectivity index (χ3v) is 7.62. The first kappa shape index (κ1) is 27.0. The lowest BCUT2D eigenvalue weighted by molar-refractivity contribution is -0.142. The third kappa shape index (κ3) is 6.34. The van der Waals surface area contributed by atoms with Crippen molar-refractivity contribution in [1.82, 2.24) is 9.88 Å². The number of likely N-dealkylation sites (tertiary alicyclic amines) is 1. The monoisotopic (exact) mass is 554 g/mol. The van der Waals surface area contributed by atoms with E-state index in [-0.39, 0.29) is 35.7 Å². The number of methoxy groups -OCH3 is 1. The van der Waals surface area contributed by atoms with E-state index < -0.39 is 11.9 Å². The predicted molar refractivity (Wildman–Crippen MR) is 146 cm³/mol. The smallest absolute Gasteiger partial charge is 0.343 e. The molecule has 206 valence electrons. The van der Waals surface area contributed by atoms with Gasteiger partial charge in [-0.1, -0.05) is 11.6 Å². The van der Waals surface area contributed by atoms with Gasteiger partial charge in [0.1, 0.15) is 22.8 Å². The number of esters is 1. The Hall–Kier alpha value is -3.63. The molecule has 1 aromatic carbocycles. The van der Waals surface area contributed by atoms with Gasteiger partial charge >= 0.3 is 5.97 Å². The summed E-state index contributed by atoms with van der Waals surface area (Å²) in [6.45, 7) is 2.01. The molecule has 2 amide bonds. The second kappa shape index (κ2) is 12.0. The zero-order valence-electron chi connectivity index (χ0n) is 21.7. The van der Waals surface area contributed by atoms with Crippen molar-refractivity contribution in [2.45, 2.75) is 44.6 Å². The largest absolute Gasteiger partial charge is 0.482 e. The van der Waals surface area contributed by atoms with E-state index in [1.54, 1.807) is 30.3 Å². The second-order valence-corrected chi connectivity index (χ2v) is 10.3. The number of pyridine rings is 1. The molecule has 1 saturated carbocycles. The molecule has 39 heavy (non-hydrogen) atoms. The molecule has 0 radical (unpaired) electrons. The van der Waals surface area contributed by atoms with Gasteiger partial charge in [0.15, 0.2) is 6.61 Å². The Kier molecular flexibility index (Phi) is 8.33.